The van der Waals surface area contributed by atoms with E-state index in [1.807, 2.05) is 19.1 Å². The summed E-state index contributed by atoms with van der Waals surface area (Å²) in [5, 5.41) is 7.49. The molecule has 0 saturated carbocycles. The quantitative estimate of drug-likeness (QED) is 0.897. The minimum Gasteiger partial charge on any atom is -0.472 e. The van der Waals surface area contributed by atoms with E-state index < -0.39 is 0 Å². The van der Waals surface area contributed by atoms with Crippen LogP contribution in [0.5, 0.6) is 5.88 Å². The number of ether oxygens (including phenoxy) is 1. The van der Waals surface area contributed by atoms with Crippen LogP contribution >= 0.6 is 0 Å². The summed E-state index contributed by atoms with van der Waals surface area (Å²) in [6.45, 7) is 5.11. The number of carbonyl (C=O) groups excluding carboxylic acids is 1. The third-order valence-corrected chi connectivity index (χ3v) is 3.89. The second-order valence-corrected chi connectivity index (χ2v) is 5.92. The first-order valence-corrected chi connectivity index (χ1v) is 7.99. The lowest BCUT2D eigenvalue weighted by molar-refractivity contribution is 0.0492. The first kappa shape index (κ1) is 16.4. The molecule has 24 heavy (non-hydrogen) atoms. The molecule has 1 saturated heterocycles. The highest BCUT2D eigenvalue weighted by Gasteiger charge is 2.28. The maximum absolute atomic E-state index is 12.4. The van der Waals surface area contributed by atoms with Crippen LogP contribution in [0.3, 0.4) is 0 Å². The number of aryl methyl sites for hydroxylation is 2. The van der Waals surface area contributed by atoms with Crippen molar-refractivity contribution < 1.29 is 13.9 Å². The molecule has 1 amide bonds. The number of carbonyl (C=O) groups is 1. The Hall–Kier alpha value is -2.48. The number of nitrogens with zero attached hydrogens (tertiary/aromatic N) is 4. The maximum Gasteiger partial charge on any atom is 0.311 e. The Labute approximate surface area is 140 Å². The van der Waals surface area contributed by atoms with Gasteiger partial charge in [0.1, 0.15) is 6.10 Å². The lowest BCUT2D eigenvalue weighted by Crippen LogP contribution is -2.44. The number of nitrogens with two attached hydrogens (primary N) is 1. The number of rotatable bonds is 4. The Kier molecular flexibility index (Phi) is 4.75. The van der Waals surface area contributed by atoms with Gasteiger partial charge < -0.3 is 19.8 Å². The van der Waals surface area contributed by atoms with E-state index in [1.54, 1.807) is 11.8 Å². The average Bonchev–Trinajstić information content (AvgIpc) is 3.00. The van der Waals surface area contributed by atoms with Crippen molar-refractivity contribution in [3.63, 3.8) is 0 Å². The van der Waals surface area contributed by atoms with Crippen molar-refractivity contribution in [3.05, 3.63) is 35.2 Å². The molecule has 8 nitrogen and oxygen atoms in total. The molecule has 8 heteroatoms. The highest BCUT2D eigenvalue weighted by molar-refractivity contribution is 5.89. The zero-order valence-electron chi connectivity index (χ0n) is 13.9. The van der Waals surface area contributed by atoms with Crippen LogP contribution in [-0.4, -0.2) is 45.2 Å². The smallest absolute Gasteiger partial charge is 0.311 e. The molecule has 0 unspecified atom stereocenters. The molecule has 128 valence electrons. The van der Waals surface area contributed by atoms with Crippen LogP contribution in [0.15, 0.2) is 16.5 Å². The van der Waals surface area contributed by atoms with Gasteiger partial charge in [-0.3, -0.25) is 4.79 Å². The average molecular weight is 331 g/mol. The number of hydrogen-bond acceptors (Lipinski definition) is 7. The van der Waals surface area contributed by atoms with E-state index in [1.165, 1.54) is 0 Å². The fraction of sp³-hybridized carbons (Fsp3) is 0.500. The van der Waals surface area contributed by atoms with Gasteiger partial charge in [-0.05, 0) is 31.4 Å². The van der Waals surface area contributed by atoms with Gasteiger partial charge in [0.05, 0.1) is 6.54 Å². The lowest BCUT2D eigenvalue weighted by atomic mass is 10.1. The Morgan fingerprint density at radius 3 is 2.96 bits per heavy atom. The maximum atomic E-state index is 12.4. The Morgan fingerprint density at radius 2 is 2.25 bits per heavy atom. The number of amides is 1. The van der Waals surface area contributed by atoms with Crippen LogP contribution in [0.25, 0.3) is 0 Å². The molecule has 1 aliphatic heterocycles. The summed E-state index contributed by atoms with van der Waals surface area (Å²) in [7, 11) is 0. The van der Waals surface area contributed by atoms with Crippen molar-refractivity contribution >= 4 is 5.91 Å². The Morgan fingerprint density at radius 1 is 1.42 bits per heavy atom. The second kappa shape index (κ2) is 6.96. The summed E-state index contributed by atoms with van der Waals surface area (Å²) in [6.07, 6.45) is 1.59. The standard InChI is InChI=1S/C16H21N5O3/c1-10-6-12(8-17)7-14(18-10)24-13-4-3-5-21(9-13)16(22)15-20-19-11(2)23-15/h6-7,13H,3-5,8-9,17H2,1-2H3/t13-/m0/s1. The van der Waals surface area contributed by atoms with Crippen molar-refractivity contribution in [2.45, 2.75) is 39.3 Å². The van der Waals surface area contributed by atoms with Crippen LogP contribution in [0.4, 0.5) is 0 Å². The number of pyridine rings is 1. The molecule has 3 heterocycles. The summed E-state index contributed by atoms with van der Waals surface area (Å²) >= 11 is 0. The molecule has 1 fully saturated rings. The van der Waals surface area contributed by atoms with E-state index in [0.29, 0.717) is 31.4 Å². The van der Waals surface area contributed by atoms with Crippen LogP contribution in [0.1, 0.15) is 40.7 Å². The fourth-order valence-corrected chi connectivity index (χ4v) is 2.79. The SMILES string of the molecule is Cc1cc(CN)cc(O[C@H]2CCCN(C(=O)c3nnc(C)o3)C2)n1. The molecule has 2 aromatic heterocycles. The monoisotopic (exact) mass is 331 g/mol. The summed E-state index contributed by atoms with van der Waals surface area (Å²) in [4.78, 5) is 18.5. The van der Waals surface area contributed by atoms with Gasteiger partial charge in [-0.1, -0.05) is 0 Å². The highest BCUT2D eigenvalue weighted by atomic mass is 16.5. The van der Waals surface area contributed by atoms with Crippen molar-refractivity contribution in [1.82, 2.24) is 20.1 Å². The molecular weight excluding hydrogens is 310 g/mol. The predicted octanol–water partition coefficient (Wildman–Crippen LogP) is 1.22. The van der Waals surface area contributed by atoms with Crippen molar-refractivity contribution in [2.24, 2.45) is 5.73 Å². The molecule has 0 bridgehead atoms. The zero-order valence-corrected chi connectivity index (χ0v) is 13.9. The van der Waals surface area contributed by atoms with Gasteiger partial charge in [-0.15, -0.1) is 10.2 Å². The first-order valence-electron chi connectivity index (χ1n) is 7.99. The molecule has 0 spiro atoms. The van der Waals surface area contributed by atoms with Gasteiger partial charge in [0.2, 0.25) is 11.8 Å². The minimum absolute atomic E-state index is 0.0206. The first-order chi connectivity index (χ1) is 11.5. The van der Waals surface area contributed by atoms with Crippen LogP contribution in [-0.2, 0) is 6.54 Å². The topological polar surface area (TPSA) is 107 Å². The van der Waals surface area contributed by atoms with Crippen molar-refractivity contribution in [3.8, 4) is 5.88 Å². The molecule has 1 atom stereocenters. The van der Waals surface area contributed by atoms with E-state index in [0.717, 1.165) is 24.1 Å². The van der Waals surface area contributed by atoms with E-state index >= 15 is 0 Å². The molecule has 3 rings (SSSR count). The number of likely N-dealkylation sites (tertiary alicyclic amines) is 1. The van der Waals surface area contributed by atoms with Crippen LogP contribution < -0.4 is 10.5 Å². The largest absolute Gasteiger partial charge is 0.472 e. The predicted molar refractivity (Wildman–Crippen MR) is 85.5 cm³/mol. The third kappa shape index (κ3) is 3.70. The Balaban J connectivity index is 1.67. The summed E-state index contributed by atoms with van der Waals surface area (Å²) in [5.41, 5.74) is 7.52. The van der Waals surface area contributed by atoms with Gasteiger partial charge in [-0.25, -0.2) is 4.98 Å². The van der Waals surface area contributed by atoms with Crippen molar-refractivity contribution in [2.75, 3.05) is 13.1 Å². The fourth-order valence-electron chi connectivity index (χ4n) is 2.79. The van der Waals surface area contributed by atoms with Gasteiger partial charge in [0, 0.05) is 31.8 Å². The number of hydrogen-bond donors (Lipinski definition) is 1. The summed E-state index contributed by atoms with van der Waals surface area (Å²) in [5.74, 6) is 0.681. The van der Waals surface area contributed by atoms with E-state index in [2.05, 4.69) is 15.2 Å². The summed E-state index contributed by atoms with van der Waals surface area (Å²) in [6, 6.07) is 3.77. The minimum atomic E-state index is -0.260. The number of aromatic nitrogens is 3. The molecule has 0 radical (unpaired) electrons. The zero-order chi connectivity index (χ0) is 17.1. The van der Waals surface area contributed by atoms with Crippen molar-refractivity contribution in [1.29, 1.82) is 0 Å². The third-order valence-electron chi connectivity index (χ3n) is 3.89. The molecule has 1 aliphatic rings. The normalized spacial score (nSPS) is 17.8. The van der Waals surface area contributed by atoms with E-state index in [9.17, 15) is 4.79 Å². The molecule has 2 N–H and O–H groups in total. The molecule has 2 aromatic rings. The number of piperidine rings is 1. The van der Waals surface area contributed by atoms with E-state index in [4.69, 9.17) is 14.9 Å². The van der Waals surface area contributed by atoms with Gasteiger partial charge in [0.25, 0.3) is 0 Å². The van der Waals surface area contributed by atoms with Gasteiger partial charge >= 0.3 is 11.8 Å². The summed E-state index contributed by atoms with van der Waals surface area (Å²) < 4.78 is 11.2. The van der Waals surface area contributed by atoms with Gasteiger partial charge in [-0.2, -0.15) is 0 Å². The molecular formula is C16H21N5O3. The molecule has 0 aliphatic carbocycles. The van der Waals surface area contributed by atoms with Crippen LogP contribution in [0.2, 0.25) is 0 Å². The second-order valence-electron chi connectivity index (χ2n) is 5.92. The molecule has 0 aromatic carbocycles. The Bertz CT molecular complexity index is 730. The van der Waals surface area contributed by atoms with E-state index in [-0.39, 0.29) is 17.9 Å². The van der Waals surface area contributed by atoms with Gasteiger partial charge in [0.15, 0.2) is 0 Å². The lowest BCUT2D eigenvalue weighted by Gasteiger charge is -2.31. The van der Waals surface area contributed by atoms with Crippen LogP contribution in [0, 0.1) is 13.8 Å². The highest BCUT2D eigenvalue weighted by Crippen LogP contribution is 2.20.